The van der Waals surface area contributed by atoms with E-state index in [2.05, 4.69) is 0 Å². The van der Waals surface area contributed by atoms with Gasteiger partial charge in [0.2, 0.25) is 0 Å². The predicted octanol–water partition coefficient (Wildman–Crippen LogP) is 2.12. The molecular formula is C14H13F2NO4. The number of carboxylic acid groups (broad SMARTS) is 1. The molecule has 1 saturated carbocycles. The number of aliphatic carboxylic acids is 1. The van der Waals surface area contributed by atoms with Crippen molar-refractivity contribution < 1.29 is 28.2 Å². The summed E-state index contributed by atoms with van der Waals surface area (Å²) in [7, 11) is 0. The highest BCUT2D eigenvalue weighted by Crippen LogP contribution is 2.68. The van der Waals surface area contributed by atoms with Gasteiger partial charge in [-0.05, 0) is 5.56 Å². The van der Waals surface area contributed by atoms with Crippen molar-refractivity contribution in [1.82, 2.24) is 4.90 Å². The van der Waals surface area contributed by atoms with E-state index in [0.29, 0.717) is 0 Å². The number of carbonyl (C=O) groups is 2. The maximum absolute atomic E-state index is 13.3. The first-order valence-electron chi connectivity index (χ1n) is 6.45. The summed E-state index contributed by atoms with van der Waals surface area (Å²) < 4.78 is 31.6. The van der Waals surface area contributed by atoms with Crippen molar-refractivity contribution in [1.29, 1.82) is 0 Å². The Labute approximate surface area is 119 Å². The number of nitrogens with zero attached hydrogens (tertiary/aromatic N) is 1. The second-order valence-corrected chi connectivity index (χ2v) is 5.45. The van der Waals surface area contributed by atoms with Crippen LogP contribution in [0.25, 0.3) is 0 Å². The van der Waals surface area contributed by atoms with Gasteiger partial charge in [0.15, 0.2) is 0 Å². The van der Waals surface area contributed by atoms with Crippen molar-refractivity contribution in [3.63, 3.8) is 0 Å². The monoisotopic (exact) mass is 297 g/mol. The normalized spacial score (nSPS) is 28.9. The Bertz CT molecular complexity index is 592. The van der Waals surface area contributed by atoms with E-state index in [4.69, 9.17) is 9.84 Å². The average Bonchev–Trinajstić information content (AvgIpc) is 2.99. The number of carbonyl (C=O) groups excluding carboxylic acids is 1. The Kier molecular flexibility index (Phi) is 2.89. The first-order valence-corrected chi connectivity index (χ1v) is 6.45. The van der Waals surface area contributed by atoms with Crippen molar-refractivity contribution in [3.8, 4) is 0 Å². The van der Waals surface area contributed by atoms with Crippen molar-refractivity contribution in [2.75, 3.05) is 6.54 Å². The van der Waals surface area contributed by atoms with Crippen LogP contribution in [0.3, 0.4) is 0 Å². The molecule has 1 aliphatic carbocycles. The van der Waals surface area contributed by atoms with Gasteiger partial charge in [-0.1, -0.05) is 30.3 Å². The van der Waals surface area contributed by atoms with E-state index in [9.17, 15) is 18.4 Å². The van der Waals surface area contributed by atoms with Crippen LogP contribution in [0, 0.1) is 5.41 Å². The fourth-order valence-corrected chi connectivity index (χ4v) is 2.83. The molecule has 2 atom stereocenters. The second kappa shape index (κ2) is 4.41. The number of amides is 1. The fraction of sp³-hybridized carbons (Fsp3) is 0.429. The van der Waals surface area contributed by atoms with Gasteiger partial charge in [0.25, 0.3) is 5.92 Å². The molecule has 0 unspecified atom stereocenters. The minimum atomic E-state index is -3.01. The topological polar surface area (TPSA) is 66.8 Å². The molecule has 1 aromatic carbocycles. The minimum Gasteiger partial charge on any atom is -0.480 e. The number of halogens is 2. The van der Waals surface area contributed by atoms with Crippen LogP contribution < -0.4 is 0 Å². The molecule has 21 heavy (non-hydrogen) atoms. The number of hydrogen-bond acceptors (Lipinski definition) is 3. The van der Waals surface area contributed by atoms with Crippen LogP contribution in [0.4, 0.5) is 13.6 Å². The molecule has 1 aliphatic heterocycles. The summed E-state index contributed by atoms with van der Waals surface area (Å²) >= 11 is 0. The highest BCUT2D eigenvalue weighted by Gasteiger charge is 2.83. The molecule has 1 saturated heterocycles. The Hall–Kier alpha value is -2.18. The molecule has 1 spiro atoms. The van der Waals surface area contributed by atoms with Gasteiger partial charge in [-0.2, -0.15) is 0 Å². The molecule has 1 amide bonds. The van der Waals surface area contributed by atoms with Gasteiger partial charge in [-0.15, -0.1) is 0 Å². The van der Waals surface area contributed by atoms with Crippen LogP contribution >= 0.6 is 0 Å². The highest BCUT2D eigenvalue weighted by molar-refractivity contribution is 5.84. The van der Waals surface area contributed by atoms with Crippen molar-refractivity contribution in [2.24, 2.45) is 5.41 Å². The number of carboxylic acids is 1. The molecule has 112 valence electrons. The molecule has 7 heteroatoms. The smallest absolute Gasteiger partial charge is 0.410 e. The Morgan fingerprint density at radius 2 is 1.95 bits per heavy atom. The number of benzene rings is 1. The van der Waals surface area contributed by atoms with Gasteiger partial charge in [0, 0.05) is 13.0 Å². The van der Waals surface area contributed by atoms with Crippen LogP contribution in [-0.4, -0.2) is 40.6 Å². The van der Waals surface area contributed by atoms with E-state index in [0.717, 1.165) is 10.5 Å². The molecule has 1 N–H and O–H groups in total. The van der Waals surface area contributed by atoms with E-state index in [1.807, 2.05) is 0 Å². The van der Waals surface area contributed by atoms with Gasteiger partial charge >= 0.3 is 12.1 Å². The lowest BCUT2D eigenvalue weighted by atomic mass is 9.84. The standard InChI is InChI=1S/C14H13F2NO4/c15-14(16)7-13(14)8-17(10(13)11(18)19)12(20)21-6-9-4-2-1-3-5-9/h1-5,10H,6-8H2,(H,18,19)/t10-,13+/m0/s1. The lowest BCUT2D eigenvalue weighted by Crippen LogP contribution is -2.65. The number of ether oxygens (including phenoxy) is 1. The molecule has 2 fully saturated rings. The first kappa shape index (κ1) is 13.8. The number of likely N-dealkylation sites (tertiary alicyclic amines) is 1. The lowest BCUT2D eigenvalue weighted by molar-refractivity contribution is -0.159. The van der Waals surface area contributed by atoms with E-state index in [-0.39, 0.29) is 13.2 Å². The maximum atomic E-state index is 13.3. The summed E-state index contributed by atoms with van der Waals surface area (Å²) in [6.07, 6.45) is -1.36. The SMILES string of the molecule is O=C(O)[C@@H]1N(C(=O)OCc2ccccc2)C[C@]12CC2(F)F. The Morgan fingerprint density at radius 1 is 1.33 bits per heavy atom. The molecule has 5 nitrogen and oxygen atoms in total. The van der Waals surface area contributed by atoms with E-state index in [1.54, 1.807) is 30.3 Å². The van der Waals surface area contributed by atoms with Crippen molar-refractivity contribution in [2.45, 2.75) is 25.0 Å². The van der Waals surface area contributed by atoms with Crippen LogP contribution in [0.15, 0.2) is 30.3 Å². The molecule has 1 aromatic rings. The second-order valence-electron chi connectivity index (χ2n) is 5.45. The van der Waals surface area contributed by atoms with Crippen LogP contribution in [-0.2, 0) is 16.1 Å². The zero-order valence-corrected chi connectivity index (χ0v) is 11.0. The summed E-state index contributed by atoms with van der Waals surface area (Å²) in [6.45, 7) is -0.295. The van der Waals surface area contributed by atoms with Crippen molar-refractivity contribution >= 4 is 12.1 Å². The maximum Gasteiger partial charge on any atom is 0.410 e. The third-order valence-electron chi connectivity index (χ3n) is 4.10. The van der Waals surface area contributed by atoms with Crippen LogP contribution in [0.5, 0.6) is 0 Å². The summed E-state index contributed by atoms with van der Waals surface area (Å²) in [5.74, 6) is -4.43. The quantitative estimate of drug-likeness (QED) is 0.928. The summed E-state index contributed by atoms with van der Waals surface area (Å²) in [5, 5.41) is 9.06. The molecule has 0 bridgehead atoms. The third-order valence-corrected chi connectivity index (χ3v) is 4.10. The highest BCUT2D eigenvalue weighted by atomic mass is 19.3. The molecular weight excluding hydrogens is 284 g/mol. The first-order chi connectivity index (χ1) is 9.87. The van der Waals surface area contributed by atoms with Gasteiger partial charge in [0.1, 0.15) is 12.6 Å². The van der Waals surface area contributed by atoms with Crippen LogP contribution in [0.2, 0.25) is 0 Å². The molecule has 2 aliphatic rings. The minimum absolute atomic E-state index is 0.0219. The summed E-state index contributed by atoms with van der Waals surface area (Å²) in [6, 6.07) is 7.33. The van der Waals surface area contributed by atoms with E-state index < -0.39 is 35.9 Å². The van der Waals surface area contributed by atoms with Gasteiger partial charge in [0.05, 0.1) is 5.41 Å². The average molecular weight is 297 g/mol. The molecule has 0 aromatic heterocycles. The zero-order valence-electron chi connectivity index (χ0n) is 11.0. The number of alkyl halides is 2. The number of hydrogen-bond donors (Lipinski definition) is 1. The molecule has 1 heterocycles. The summed E-state index contributed by atoms with van der Waals surface area (Å²) in [5.41, 5.74) is -0.852. The predicted molar refractivity (Wildman–Crippen MR) is 66.8 cm³/mol. The fourth-order valence-electron chi connectivity index (χ4n) is 2.83. The van der Waals surface area contributed by atoms with Gasteiger partial charge < -0.3 is 9.84 Å². The Balaban J connectivity index is 1.63. The Morgan fingerprint density at radius 3 is 2.48 bits per heavy atom. The third kappa shape index (κ3) is 2.03. The van der Waals surface area contributed by atoms with E-state index >= 15 is 0 Å². The van der Waals surface area contributed by atoms with Gasteiger partial charge in [-0.25, -0.2) is 18.4 Å². The zero-order chi connectivity index (χ0) is 15.3. The number of rotatable bonds is 3. The largest absolute Gasteiger partial charge is 0.480 e. The van der Waals surface area contributed by atoms with E-state index in [1.165, 1.54) is 0 Å². The molecule has 3 rings (SSSR count). The van der Waals surface area contributed by atoms with Crippen LogP contribution in [0.1, 0.15) is 12.0 Å². The lowest BCUT2D eigenvalue weighted by Gasteiger charge is -2.45. The van der Waals surface area contributed by atoms with Gasteiger partial charge in [-0.3, -0.25) is 4.90 Å². The molecule has 0 radical (unpaired) electrons. The van der Waals surface area contributed by atoms with Crippen molar-refractivity contribution in [3.05, 3.63) is 35.9 Å². The summed E-state index contributed by atoms with van der Waals surface area (Å²) in [4.78, 5) is 23.8.